The van der Waals surface area contributed by atoms with Crippen LogP contribution >= 0.6 is 11.8 Å². The Labute approximate surface area is 86.3 Å². The molecule has 0 N–H and O–H groups in total. The second-order valence-corrected chi connectivity index (χ2v) is 5.96. The molecule has 0 aromatic heterocycles. The normalized spacial score (nSPS) is 32.8. The summed E-state index contributed by atoms with van der Waals surface area (Å²) < 4.78 is 0. The van der Waals surface area contributed by atoms with Crippen molar-refractivity contribution in [1.29, 1.82) is 0 Å². The molecule has 1 spiro atoms. The van der Waals surface area contributed by atoms with Crippen molar-refractivity contribution >= 4 is 11.8 Å². The van der Waals surface area contributed by atoms with Gasteiger partial charge in [0.2, 0.25) is 0 Å². The smallest absolute Gasteiger partial charge is 0.0108 e. The summed E-state index contributed by atoms with van der Waals surface area (Å²) in [6.45, 7) is 7.32. The van der Waals surface area contributed by atoms with Gasteiger partial charge in [-0.3, -0.25) is 0 Å². The molecule has 1 saturated carbocycles. The summed E-state index contributed by atoms with van der Waals surface area (Å²) in [5.41, 5.74) is 0.783. The first kappa shape index (κ1) is 9.85. The zero-order valence-corrected chi connectivity index (χ0v) is 9.86. The van der Waals surface area contributed by atoms with Crippen LogP contribution in [0.25, 0.3) is 0 Å². The Bertz CT molecular complexity index is 183. The topological polar surface area (TPSA) is 3.24 Å². The van der Waals surface area contributed by atoms with Gasteiger partial charge in [0.1, 0.15) is 0 Å². The second-order valence-electron chi connectivity index (χ2n) is 4.92. The molecule has 1 atom stereocenters. The van der Waals surface area contributed by atoms with Crippen LogP contribution in [-0.2, 0) is 0 Å². The highest BCUT2D eigenvalue weighted by Crippen LogP contribution is 2.59. The minimum Gasteiger partial charge on any atom is -0.301 e. The van der Waals surface area contributed by atoms with Gasteiger partial charge < -0.3 is 4.90 Å². The molecular weight excluding hydrogens is 178 g/mol. The largest absolute Gasteiger partial charge is 0.301 e. The Morgan fingerprint density at radius 2 is 1.92 bits per heavy atom. The number of hydrogen-bond donors (Lipinski definition) is 0. The van der Waals surface area contributed by atoms with E-state index in [2.05, 4.69) is 36.8 Å². The van der Waals surface area contributed by atoms with Gasteiger partial charge in [-0.1, -0.05) is 0 Å². The summed E-state index contributed by atoms with van der Waals surface area (Å²) in [7, 11) is 0. The first-order chi connectivity index (χ1) is 6.18. The van der Waals surface area contributed by atoms with Crippen molar-refractivity contribution < 1.29 is 0 Å². The highest BCUT2D eigenvalue weighted by atomic mass is 32.2. The Hall–Kier alpha value is 0.310. The Morgan fingerprint density at radius 1 is 1.31 bits per heavy atom. The minimum atomic E-state index is 0.754. The van der Waals surface area contributed by atoms with E-state index in [0.29, 0.717) is 0 Å². The maximum absolute atomic E-state index is 2.63. The fourth-order valence-electron chi connectivity index (χ4n) is 2.66. The lowest BCUT2D eigenvalue weighted by Crippen LogP contribution is -2.39. The van der Waals surface area contributed by atoms with Crippen molar-refractivity contribution in [3.05, 3.63) is 0 Å². The van der Waals surface area contributed by atoms with Gasteiger partial charge in [-0.2, -0.15) is 11.8 Å². The number of nitrogens with zero attached hydrogens (tertiary/aromatic N) is 1. The zero-order chi connectivity index (χ0) is 9.47. The predicted molar refractivity (Wildman–Crippen MR) is 60.3 cm³/mol. The third-order valence-electron chi connectivity index (χ3n) is 3.92. The Morgan fingerprint density at radius 3 is 2.31 bits per heavy atom. The zero-order valence-electron chi connectivity index (χ0n) is 9.05. The molecule has 0 aromatic rings. The van der Waals surface area contributed by atoms with Crippen LogP contribution in [0.2, 0.25) is 0 Å². The van der Waals surface area contributed by atoms with Gasteiger partial charge in [0.15, 0.2) is 0 Å². The molecule has 76 valence electrons. The molecule has 2 rings (SSSR count). The Balaban J connectivity index is 1.84. The average Bonchev–Trinajstić information content (AvgIpc) is 2.80. The summed E-state index contributed by atoms with van der Waals surface area (Å²) in [6, 6.07) is 0.754. The summed E-state index contributed by atoms with van der Waals surface area (Å²) in [5.74, 6) is 0. The molecule has 1 saturated heterocycles. The molecule has 1 aliphatic carbocycles. The summed E-state index contributed by atoms with van der Waals surface area (Å²) in [5, 5.41) is 1.00. The summed E-state index contributed by atoms with van der Waals surface area (Å²) in [6.07, 6.45) is 6.68. The van der Waals surface area contributed by atoms with Crippen molar-refractivity contribution in [2.75, 3.05) is 19.3 Å². The molecule has 13 heavy (non-hydrogen) atoms. The molecule has 2 fully saturated rings. The lowest BCUT2D eigenvalue weighted by atomic mass is 9.93. The molecule has 0 bridgehead atoms. The number of piperidine rings is 1. The first-order valence-electron chi connectivity index (χ1n) is 5.45. The van der Waals surface area contributed by atoms with Crippen LogP contribution < -0.4 is 0 Å². The van der Waals surface area contributed by atoms with Gasteiger partial charge in [-0.25, -0.2) is 0 Å². The fourth-order valence-corrected chi connectivity index (χ4v) is 3.89. The van der Waals surface area contributed by atoms with E-state index >= 15 is 0 Å². The van der Waals surface area contributed by atoms with Crippen molar-refractivity contribution in [2.45, 2.75) is 44.4 Å². The van der Waals surface area contributed by atoms with Gasteiger partial charge >= 0.3 is 0 Å². The molecule has 1 aliphatic heterocycles. The SMILES string of the molecule is CSC1CC12CCN(C(C)C)CC2. The molecule has 0 aromatic carbocycles. The van der Waals surface area contributed by atoms with Gasteiger partial charge in [0.25, 0.3) is 0 Å². The molecule has 0 amide bonds. The molecule has 1 heterocycles. The molecule has 1 unspecified atom stereocenters. The van der Waals surface area contributed by atoms with Crippen molar-refractivity contribution in [3.8, 4) is 0 Å². The molecule has 2 aliphatic rings. The monoisotopic (exact) mass is 199 g/mol. The third-order valence-corrected chi connectivity index (χ3v) is 5.16. The van der Waals surface area contributed by atoms with E-state index in [1.165, 1.54) is 32.4 Å². The van der Waals surface area contributed by atoms with E-state index < -0.39 is 0 Å². The van der Waals surface area contributed by atoms with Gasteiger partial charge in [0, 0.05) is 11.3 Å². The number of likely N-dealkylation sites (tertiary alicyclic amines) is 1. The highest BCUT2D eigenvalue weighted by Gasteiger charge is 2.54. The van der Waals surface area contributed by atoms with Crippen LogP contribution in [0.5, 0.6) is 0 Å². The van der Waals surface area contributed by atoms with Gasteiger partial charge in [-0.15, -0.1) is 0 Å². The van der Waals surface area contributed by atoms with Crippen LogP contribution in [0.4, 0.5) is 0 Å². The lowest BCUT2D eigenvalue weighted by molar-refractivity contribution is 0.141. The van der Waals surface area contributed by atoms with Crippen LogP contribution in [-0.4, -0.2) is 35.5 Å². The summed E-state index contributed by atoms with van der Waals surface area (Å²) in [4.78, 5) is 2.63. The van der Waals surface area contributed by atoms with E-state index in [1.54, 1.807) is 0 Å². The quantitative estimate of drug-likeness (QED) is 0.672. The van der Waals surface area contributed by atoms with E-state index in [4.69, 9.17) is 0 Å². The second kappa shape index (κ2) is 3.47. The van der Waals surface area contributed by atoms with Crippen LogP contribution in [0, 0.1) is 5.41 Å². The highest BCUT2D eigenvalue weighted by molar-refractivity contribution is 7.99. The molecule has 0 radical (unpaired) electrons. The van der Waals surface area contributed by atoms with Crippen LogP contribution in [0.3, 0.4) is 0 Å². The van der Waals surface area contributed by atoms with Crippen LogP contribution in [0.1, 0.15) is 33.1 Å². The first-order valence-corrected chi connectivity index (χ1v) is 6.73. The van der Waals surface area contributed by atoms with Crippen molar-refractivity contribution in [3.63, 3.8) is 0 Å². The number of rotatable bonds is 2. The minimum absolute atomic E-state index is 0.754. The van der Waals surface area contributed by atoms with Crippen LogP contribution in [0.15, 0.2) is 0 Å². The maximum Gasteiger partial charge on any atom is 0.0108 e. The maximum atomic E-state index is 2.63. The summed E-state index contributed by atoms with van der Waals surface area (Å²) >= 11 is 2.09. The third kappa shape index (κ3) is 1.75. The average molecular weight is 199 g/mol. The standard InChI is InChI=1S/C11H21NS/c1-9(2)12-6-4-11(5-7-12)8-10(11)13-3/h9-10H,4-8H2,1-3H3. The number of thioether (sulfide) groups is 1. The van der Waals surface area contributed by atoms with Gasteiger partial charge in [-0.05, 0) is 57.9 Å². The lowest BCUT2D eigenvalue weighted by Gasteiger charge is -2.35. The van der Waals surface area contributed by atoms with E-state index in [1.807, 2.05) is 0 Å². The predicted octanol–water partition coefficient (Wildman–Crippen LogP) is 2.61. The van der Waals surface area contributed by atoms with Crippen molar-refractivity contribution in [2.24, 2.45) is 5.41 Å². The van der Waals surface area contributed by atoms with E-state index in [-0.39, 0.29) is 0 Å². The van der Waals surface area contributed by atoms with E-state index in [0.717, 1.165) is 16.7 Å². The molecule has 2 heteroatoms. The fraction of sp³-hybridized carbons (Fsp3) is 1.00. The molecule has 1 nitrogen and oxygen atoms in total. The van der Waals surface area contributed by atoms with Crippen molar-refractivity contribution in [1.82, 2.24) is 4.90 Å². The van der Waals surface area contributed by atoms with E-state index in [9.17, 15) is 0 Å². The van der Waals surface area contributed by atoms with Gasteiger partial charge in [0.05, 0.1) is 0 Å². The number of hydrogen-bond acceptors (Lipinski definition) is 2. The Kier molecular flexibility index (Phi) is 2.63. The molecular formula is C11H21NS.